The zero-order valence-corrected chi connectivity index (χ0v) is 13.4. The lowest BCUT2D eigenvalue weighted by molar-refractivity contribution is -0.0866. The number of rotatable bonds is 6. The first-order valence-corrected chi connectivity index (χ1v) is 7.23. The van der Waals surface area contributed by atoms with Gasteiger partial charge in [0.1, 0.15) is 11.4 Å². The summed E-state index contributed by atoms with van der Waals surface area (Å²) in [7, 11) is 0. The van der Waals surface area contributed by atoms with Crippen molar-refractivity contribution in [2.45, 2.75) is 19.6 Å². The maximum absolute atomic E-state index is 12.7. The van der Waals surface area contributed by atoms with Crippen molar-refractivity contribution in [2.24, 2.45) is 4.99 Å². The summed E-state index contributed by atoms with van der Waals surface area (Å²) >= 11 is 0. The Morgan fingerprint density at radius 2 is 2.04 bits per heavy atom. The van der Waals surface area contributed by atoms with E-state index >= 15 is 0 Å². The number of aliphatic imine (C=N–C) groups is 1. The fourth-order valence-corrected chi connectivity index (χ4v) is 1.96. The highest BCUT2D eigenvalue weighted by Crippen LogP contribution is 2.26. The average molecular weight is 350 g/mol. The Bertz CT molecular complexity index is 774. The number of H-pyrrole nitrogens is 1. The van der Waals surface area contributed by atoms with Crippen LogP contribution >= 0.6 is 0 Å². The number of aromatic amines is 1. The zero-order chi connectivity index (χ0) is 18.4. The quantitative estimate of drug-likeness (QED) is 0.279. The van der Waals surface area contributed by atoms with Crippen LogP contribution in [0.1, 0.15) is 11.4 Å². The molecule has 0 bridgehead atoms. The normalized spacial score (nSPS) is 12.1. The highest BCUT2D eigenvalue weighted by molar-refractivity contribution is 5.99. The van der Waals surface area contributed by atoms with E-state index in [4.69, 9.17) is 5.41 Å². The minimum atomic E-state index is -4.70. The van der Waals surface area contributed by atoms with E-state index in [-0.39, 0.29) is 6.54 Å². The molecule has 0 fully saturated rings. The molecule has 6 nitrogen and oxygen atoms in total. The van der Waals surface area contributed by atoms with Gasteiger partial charge in [-0.25, -0.2) is 15.4 Å². The monoisotopic (exact) mass is 350 g/mol. The molecular weight excluding hydrogens is 333 g/mol. The first kappa shape index (κ1) is 18.4. The SMILES string of the molecule is C=NC(=N)C(=CNNCc1ncc(-c2ccc(C)cc2)[nH]1)C(F)(F)F. The number of aromatic nitrogens is 2. The van der Waals surface area contributed by atoms with Crippen molar-refractivity contribution in [1.29, 1.82) is 5.41 Å². The van der Waals surface area contributed by atoms with Crippen LogP contribution in [0.15, 0.2) is 47.2 Å². The number of nitrogens with zero attached hydrogens (tertiary/aromatic N) is 2. The average Bonchev–Trinajstić information content (AvgIpc) is 3.02. The number of amidine groups is 1. The lowest BCUT2D eigenvalue weighted by atomic mass is 10.1. The molecule has 0 atom stereocenters. The van der Waals surface area contributed by atoms with E-state index in [1.54, 1.807) is 6.20 Å². The van der Waals surface area contributed by atoms with E-state index in [0.29, 0.717) is 12.0 Å². The third-order valence-corrected chi connectivity index (χ3v) is 3.28. The van der Waals surface area contributed by atoms with E-state index in [9.17, 15) is 13.2 Å². The van der Waals surface area contributed by atoms with E-state index in [1.165, 1.54) is 0 Å². The summed E-state index contributed by atoms with van der Waals surface area (Å²) in [5.41, 5.74) is 6.55. The van der Waals surface area contributed by atoms with Crippen LogP contribution in [0.2, 0.25) is 0 Å². The van der Waals surface area contributed by atoms with Gasteiger partial charge in [0.25, 0.3) is 0 Å². The third-order valence-electron chi connectivity index (χ3n) is 3.28. The molecule has 1 aromatic carbocycles. The molecule has 1 aromatic heterocycles. The number of alkyl halides is 3. The van der Waals surface area contributed by atoms with Crippen LogP contribution in [0.5, 0.6) is 0 Å². The largest absolute Gasteiger partial charge is 0.421 e. The Labute approximate surface area is 142 Å². The van der Waals surface area contributed by atoms with E-state index in [0.717, 1.165) is 16.8 Å². The molecule has 0 aliphatic heterocycles. The second kappa shape index (κ2) is 7.75. The van der Waals surface area contributed by atoms with Crippen molar-refractivity contribution in [3.63, 3.8) is 0 Å². The van der Waals surface area contributed by atoms with E-state index in [2.05, 4.69) is 32.5 Å². The Kier molecular flexibility index (Phi) is 5.71. The maximum Gasteiger partial charge on any atom is 0.421 e. The van der Waals surface area contributed by atoms with Crippen LogP contribution in [0.25, 0.3) is 11.3 Å². The molecule has 9 heteroatoms. The molecule has 2 rings (SSSR count). The summed E-state index contributed by atoms with van der Waals surface area (Å²) in [6.07, 6.45) is -2.42. The van der Waals surface area contributed by atoms with Crippen molar-refractivity contribution in [2.75, 3.05) is 0 Å². The highest BCUT2D eigenvalue weighted by atomic mass is 19.4. The summed E-state index contributed by atoms with van der Waals surface area (Å²) in [5, 5.41) is 7.16. The Morgan fingerprint density at radius 3 is 2.64 bits per heavy atom. The molecule has 0 saturated carbocycles. The summed E-state index contributed by atoms with van der Waals surface area (Å²) < 4.78 is 38.2. The summed E-state index contributed by atoms with van der Waals surface area (Å²) in [6, 6.07) is 7.85. The van der Waals surface area contributed by atoms with Gasteiger partial charge >= 0.3 is 6.18 Å². The molecule has 132 valence electrons. The van der Waals surface area contributed by atoms with Crippen molar-refractivity contribution < 1.29 is 13.2 Å². The van der Waals surface area contributed by atoms with E-state index in [1.807, 2.05) is 31.2 Å². The number of aryl methyl sites for hydroxylation is 1. The van der Waals surface area contributed by atoms with Gasteiger partial charge in [-0.3, -0.25) is 5.41 Å². The maximum atomic E-state index is 12.7. The highest BCUT2D eigenvalue weighted by Gasteiger charge is 2.36. The van der Waals surface area contributed by atoms with Crippen molar-refractivity contribution in [3.05, 3.63) is 53.6 Å². The van der Waals surface area contributed by atoms with Crippen LogP contribution in [-0.2, 0) is 6.54 Å². The number of nitrogens with one attached hydrogen (secondary N) is 4. The fourth-order valence-electron chi connectivity index (χ4n) is 1.96. The smallest absolute Gasteiger partial charge is 0.341 e. The number of imidazole rings is 1. The lowest BCUT2D eigenvalue weighted by Gasteiger charge is -2.10. The second-order valence-corrected chi connectivity index (χ2v) is 5.17. The number of hydrazine groups is 1. The first-order valence-electron chi connectivity index (χ1n) is 7.23. The Morgan fingerprint density at radius 1 is 1.36 bits per heavy atom. The number of hydrogen-bond acceptors (Lipinski definition) is 4. The fraction of sp³-hybridized carbons (Fsp3) is 0.188. The summed E-state index contributed by atoms with van der Waals surface area (Å²) in [5.74, 6) is -0.414. The molecular formula is C16H17F3N6. The molecule has 25 heavy (non-hydrogen) atoms. The van der Waals surface area contributed by atoms with E-state index < -0.39 is 17.6 Å². The lowest BCUT2D eigenvalue weighted by Crippen LogP contribution is -2.30. The molecule has 0 saturated heterocycles. The molecule has 2 aromatic rings. The van der Waals surface area contributed by atoms with Gasteiger partial charge in [-0.15, -0.1) is 0 Å². The summed E-state index contributed by atoms with van der Waals surface area (Å²) in [4.78, 5) is 10.2. The van der Waals surface area contributed by atoms with Gasteiger partial charge in [0.2, 0.25) is 0 Å². The Balaban J connectivity index is 1.96. The predicted octanol–water partition coefficient (Wildman–Crippen LogP) is 3.10. The van der Waals surface area contributed by atoms with Crippen molar-refractivity contribution in [1.82, 2.24) is 20.8 Å². The second-order valence-electron chi connectivity index (χ2n) is 5.17. The van der Waals surface area contributed by atoms with Gasteiger partial charge in [-0.05, 0) is 19.2 Å². The number of hydrogen-bond donors (Lipinski definition) is 4. The van der Waals surface area contributed by atoms with Gasteiger partial charge < -0.3 is 10.4 Å². The molecule has 0 radical (unpaired) electrons. The molecule has 0 amide bonds. The van der Waals surface area contributed by atoms with Gasteiger partial charge in [0.15, 0.2) is 5.84 Å². The molecule has 0 unspecified atom stereocenters. The van der Waals surface area contributed by atoms with Crippen molar-refractivity contribution in [3.8, 4) is 11.3 Å². The predicted molar refractivity (Wildman–Crippen MR) is 90.1 cm³/mol. The van der Waals surface area contributed by atoms with Crippen LogP contribution in [0, 0.1) is 12.3 Å². The molecule has 1 heterocycles. The van der Waals surface area contributed by atoms with Crippen LogP contribution in [-0.4, -0.2) is 28.7 Å². The Hall–Kier alpha value is -2.94. The van der Waals surface area contributed by atoms with Gasteiger partial charge in [-0.2, -0.15) is 13.2 Å². The molecule has 0 spiro atoms. The minimum Gasteiger partial charge on any atom is -0.341 e. The van der Waals surface area contributed by atoms with Crippen LogP contribution < -0.4 is 10.9 Å². The number of benzene rings is 1. The first-order chi connectivity index (χ1) is 11.8. The van der Waals surface area contributed by atoms with Crippen molar-refractivity contribution >= 4 is 12.6 Å². The number of halogens is 3. The third kappa shape index (κ3) is 5.01. The standard InChI is InChI=1S/C16H17F3N6/c1-10-3-5-11(6-4-10)13-8-22-14(25-13)9-24-23-7-12(15(20)21-2)16(17,18)19/h3-8,20,23-24H,2,9H2,1H3,(H,22,25). The van der Waals surface area contributed by atoms with Crippen LogP contribution in [0.3, 0.4) is 0 Å². The zero-order valence-electron chi connectivity index (χ0n) is 13.4. The van der Waals surface area contributed by atoms with Crippen LogP contribution in [0.4, 0.5) is 13.2 Å². The summed E-state index contributed by atoms with van der Waals surface area (Å²) in [6.45, 7) is 5.07. The van der Waals surface area contributed by atoms with Gasteiger partial charge in [0, 0.05) is 6.20 Å². The topological polar surface area (TPSA) is 88.9 Å². The van der Waals surface area contributed by atoms with Gasteiger partial charge in [-0.1, -0.05) is 29.8 Å². The molecule has 4 N–H and O–H groups in total. The molecule has 0 aliphatic carbocycles. The van der Waals surface area contributed by atoms with Gasteiger partial charge in [0.05, 0.1) is 18.4 Å². The minimum absolute atomic E-state index is 0.155. The molecule has 0 aliphatic rings.